The summed E-state index contributed by atoms with van der Waals surface area (Å²) < 4.78 is 77.4. The molecule has 0 spiro atoms. The lowest BCUT2D eigenvalue weighted by Gasteiger charge is -2.18. The minimum absolute atomic E-state index is 0.354. The maximum atomic E-state index is 12.9. The summed E-state index contributed by atoms with van der Waals surface area (Å²) in [6, 6.07) is 4.29. The molecule has 0 unspecified atom stereocenters. The maximum absolute atomic E-state index is 12.9. The van der Waals surface area contributed by atoms with Crippen LogP contribution in [0, 0.1) is 6.20 Å². The van der Waals surface area contributed by atoms with Crippen molar-refractivity contribution in [3.05, 3.63) is 53.9 Å². The van der Waals surface area contributed by atoms with E-state index in [1.54, 1.807) is 0 Å². The summed E-state index contributed by atoms with van der Waals surface area (Å²) in [6.45, 7) is 0. The van der Waals surface area contributed by atoms with Gasteiger partial charge < -0.3 is 0 Å². The van der Waals surface area contributed by atoms with Crippen molar-refractivity contribution < 1.29 is 26.3 Å². The molecule has 0 aliphatic carbocycles. The first kappa shape index (κ1) is 14.4. The van der Waals surface area contributed by atoms with Crippen molar-refractivity contribution in [2.24, 2.45) is 0 Å². The van der Waals surface area contributed by atoms with Crippen LogP contribution in [0.15, 0.2) is 36.5 Å². The quantitative estimate of drug-likeness (QED) is 0.700. The molecule has 1 heterocycles. The van der Waals surface area contributed by atoms with E-state index in [4.69, 9.17) is 0 Å². The highest BCUT2D eigenvalue weighted by Gasteiger charge is 2.40. The molecule has 2 aromatic rings. The summed E-state index contributed by atoms with van der Waals surface area (Å²) in [7, 11) is 0. The van der Waals surface area contributed by atoms with Gasteiger partial charge in [-0.2, -0.15) is 26.3 Å². The monoisotopic (exact) mass is 290 g/mol. The topological polar surface area (TPSA) is 12.9 Å². The predicted octanol–water partition coefficient (Wildman–Crippen LogP) is 4.59. The molecule has 0 atom stereocenters. The molecule has 0 fully saturated rings. The van der Waals surface area contributed by atoms with Crippen molar-refractivity contribution in [3.8, 4) is 11.1 Å². The third kappa shape index (κ3) is 2.76. The Morgan fingerprint density at radius 1 is 0.800 bits per heavy atom. The SMILES string of the molecule is FC(F)(F)c1cccc(C(F)(F)F)c1-c1[c]nccc1. The highest BCUT2D eigenvalue weighted by Crippen LogP contribution is 2.43. The molecular formula is C13H6F6N. The van der Waals surface area contributed by atoms with Gasteiger partial charge in [-0.15, -0.1) is 0 Å². The zero-order valence-electron chi connectivity index (χ0n) is 9.68. The summed E-state index contributed by atoms with van der Waals surface area (Å²) in [5, 5.41) is 0. The van der Waals surface area contributed by atoms with E-state index in [2.05, 4.69) is 11.2 Å². The molecular weight excluding hydrogens is 284 g/mol. The van der Waals surface area contributed by atoms with E-state index in [0.717, 1.165) is 12.1 Å². The average Bonchev–Trinajstić information content (AvgIpc) is 2.37. The van der Waals surface area contributed by atoms with E-state index in [-0.39, 0.29) is 5.56 Å². The van der Waals surface area contributed by atoms with Crippen LogP contribution < -0.4 is 0 Å². The minimum atomic E-state index is -4.90. The second-order valence-electron chi connectivity index (χ2n) is 3.89. The highest BCUT2D eigenvalue weighted by atomic mass is 19.4. The lowest BCUT2D eigenvalue weighted by molar-refractivity contribution is -0.142. The van der Waals surface area contributed by atoms with E-state index < -0.39 is 29.0 Å². The normalized spacial score (nSPS) is 12.5. The number of hydrogen-bond acceptors (Lipinski definition) is 1. The van der Waals surface area contributed by atoms with Crippen molar-refractivity contribution >= 4 is 0 Å². The number of alkyl halides is 6. The van der Waals surface area contributed by atoms with Gasteiger partial charge in [0, 0.05) is 17.3 Å². The fourth-order valence-electron chi connectivity index (χ4n) is 1.78. The molecule has 0 saturated heterocycles. The van der Waals surface area contributed by atoms with Crippen LogP contribution in [0.3, 0.4) is 0 Å². The van der Waals surface area contributed by atoms with Crippen LogP contribution in [0.25, 0.3) is 11.1 Å². The zero-order chi connectivity index (χ0) is 15.0. The fraction of sp³-hybridized carbons (Fsp3) is 0.154. The summed E-state index contributed by atoms with van der Waals surface area (Å²) in [4.78, 5) is 3.45. The smallest absolute Gasteiger partial charge is 0.254 e. The molecule has 2 rings (SSSR count). The Balaban J connectivity index is 2.80. The molecule has 0 aliphatic heterocycles. The van der Waals surface area contributed by atoms with Crippen molar-refractivity contribution in [2.45, 2.75) is 12.4 Å². The van der Waals surface area contributed by atoms with Crippen molar-refractivity contribution in [2.75, 3.05) is 0 Å². The van der Waals surface area contributed by atoms with Crippen LogP contribution in [0.2, 0.25) is 0 Å². The minimum Gasteiger partial charge on any atom is -0.254 e. The van der Waals surface area contributed by atoms with Gasteiger partial charge in [-0.3, -0.25) is 4.98 Å². The van der Waals surface area contributed by atoms with Gasteiger partial charge in [-0.1, -0.05) is 12.1 Å². The number of hydrogen-bond donors (Lipinski definition) is 0. The van der Waals surface area contributed by atoms with Gasteiger partial charge in [0.25, 0.3) is 0 Å². The number of rotatable bonds is 1. The van der Waals surface area contributed by atoms with Gasteiger partial charge in [0.15, 0.2) is 0 Å². The lowest BCUT2D eigenvalue weighted by atomic mass is 9.94. The Kier molecular flexibility index (Phi) is 3.45. The summed E-state index contributed by atoms with van der Waals surface area (Å²) in [5.74, 6) is 0. The molecule has 0 N–H and O–H groups in total. The Labute approximate surface area is 109 Å². The van der Waals surface area contributed by atoms with Crippen LogP contribution in [0.4, 0.5) is 26.3 Å². The molecule has 20 heavy (non-hydrogen) atoms. The number of halogens is 6. The third-order valence-electron chi connectivity index (χ3n) is 2.55. The van der Waals surface area contributed by atoms with E-state index >= 15 is 0 Å². The van der Waals surface area contributed by atoms with Gasteiger partial charge in [0.2, 0.25) is 0 Å². The zero-order valence-corrected chi connectivity index (χ0v) is 9.68. The van der Waals surface area contributed by atoms with E-state index in [9.17, 15) is 26.3 Å². The third-order valence-corrected chi connectivity index (χ3v) is 2.55. The van der Waals surface area contributed by atoms with E-state index in [1.807, 2.05) is 0 Å². The van der Waals surface area contributed by atoms with Crippen molar-refractivity contribution in [1.29, 1.82) is 0 Å². The van der Waals surface area contributed by atoms with Crippen LogP contribution in [-0.2, 0) is 12.4 Å². The molecule has 7 heteroatoms. The molecule has 1 radical (unpaired) electrons. The second kappa shape index (κ2) is 4.81. The maximum Gasteiger partial charge on any atom is 0.417 e. The lowest BCUT2D eigenvalue weighted by Crippen LogP contribution is -2.14. The van der Waals surface area contributed by atoms with Gasteiger partial charge >= 0.3 is 12.4 Å². The first-order valence-electron chi connectivity index (χ1n) is 5.32. The van der Waals surface area contributed by atoms with Gasteiger partial charge in [-0.25, -0.2) is 0 Å². The highest BCUT2D eigenvalue weighted by molar-refractivity contribution is 5.71. The van der Waals surface area contributed by atoms with Gasteiger partial charge in [-0.05, 0) is 18.2 Å². The standard InChI is InChI=1S/C13H6F6N/c14-12(15,16)9-4-1-5-10(13(17,18)19)11(9)8-3-2-6-20-7-8/h1-6H. The number of benzene rings is 1. The number of aromatic nitrogens is 1. The van der Waals surface area contributed by atoms with Crippen molar-refractivity contribution in [1.82, 2.24) is 4.98 Å². The molecule has 0 amide bonds. The number of pyridine rings is 1. The largest absolute Gasteiger partial charge is 0.417 e. The Bertz CT molecular complexity index is 568. The fourth-order valence-corrected chi connectivity index (χ4v) is 1.78. The predicted molar refractivity (Wildman–Crippen MR) is 58.5 cm³/mol. The Morgan fingerprint density at radius 2 is 1.35 bits per heavy atom. The summed E-state index contributed by atoms with van der Waals surface area (Å²) >= 11 is 0. The molecule has 0 saturated carbocycles. The molecule has 1 aromatic carbocycles. The number of nitrogens with zero attached hydrogens (tertiary/aromatic N) is 1. The molecule has 1 aromatic heterocycles. The van der Waals surface area contributed by atoms with E-state index in [1.165, 1.54) is 12.3 Å². The van der Waals surface area contributed by atoms with Crippen LogP contribution >= 0.6 is 0 Å². The molecule has 105 valence electrons. The summed E-state index contributed by atoms with van der Waals surface area (Å²) in [5.41, 5.74) is -4.04. The molecule has 0 bridgehead atoms. The van der Waals surface area contributed by atoms with E-state index in [0.29, 0.717) is 12.1 Å². The van der Waals surface area contributed by atoms with Crippen LogP contribution in [0.5, 0.6) is 0 Å². The second-order valence-corrected chi connectivity index (χ2v) is 3.89. The van der Waals surface area contributed by atoms with Gasteiger partial charge in [0.1, 0.15) is 0 Å². The molecule has 0 aliphatic rings. The summed E-state index contributed by atoms with van der Waals surface area (Å²) in [6.07, 6.45) is -6.43. The van der Waals surface area contributed by atoms with Crippen LogP contribution in [0.1, 0.15) is 11.1 Å². The average molecular weight is 290 g/mol. The van der Waals surface area contributed by atoms with Gasteiger partial charge in [0.05, 0.1) is 17.3 Å². The first-order chi connectivity index (χ1) is 9.21. The molecule has 1 nitrogen and oxygen atoms in total. The Hall–Kier alpha value is -2.05. The van der Waals surface area contributed by atoms with Crippen molar-refractivity contribution in [3.63, 3.8) is 0 Å². The van der Waals surface area contributed by atoms with Crippen LogP contribution in [-0.4, -0.2) is 4.98 Å². The Morgan fingerprint density at radius 3 is 1.75 bits per heavy atom. The first-order valence-corrected chi connectivity index (χ1v) is 5.32.